The van der Waals surface area contributed by atoms with Crippen LogP contribution in [0.2, 0.25) is 0 Å². The third-order valence-electron chi connectivity index (χ3n) is 4.91. The number of ether oxygens (including phenoxy) is 1. The molecular formula is C21H27N3O3. The maximum absolute atomic E-state index is 12.2. The van der Waals surface area contributed by atoms with Gasteiger partial charge in [0.1, 0.15) is 5.75 Å². The first-order valence-electron chi connectivity index (χ1n) is 9.55. The second-order valence-corrected chi connectivity index (χ2v) is 7.29. The standard InChI is InChI=1S/C21H27N3O3/c1-15-9-16(2)11-18(10-15)27-13-20(25)22-7-8-24-14-23-19(12-21(24)26)17-5-3-4-6-17/h9-12,14,17H,3-8,13H2,1-2H3,(H,22,25). The minimum Gasteiger partial charge on any atom is -0.484 e. The summed E-state index contributed by atoms with van der Waals surface area (Å²) in [7, 11) is 0. The molecule has 0 aliphatic heterocycles. The molecule has 1 N–H and O–H groups in total. The van der Waals surface area contributed by atoms with Crippen molar-refractivity contribution in [2.24, 2.45) is 0 Å². The van der Waals surface area contributed by atoms with Crippen molar-refractivity contribution < 1.29 is 9.53 Å². The number of rotatable bonds is 7. The zero-order valence-corrected chi connectivity index (χ0v) is 16.0. The molecule has 0 saturated heterocycles. The van der Waals surface area contributed by atoms with E-state index in [4.69, 9.17) is 4.74 Å². The highest BCUT2D eigenvalue weighted by atomic mass is 16.5. The predicted octanol–water partition coefficient (Wildman–Crippen LogP) is 2.71. The molecule has 0 radical (unpaired) electrons. The first-order valence-corrected chi connectivity index (χ1v) is 9.55. The van der Waals surface area contributed by atoms with Crippen molar-refractivity contribution >= 4 is 5.91 Å². The summed E-state index contributed by atoms with van der Waals surface area (Å²) in [6.07, 6.45) is 6.26. The van der Waals surface area contributed by atoms with Gasteiger partial charge in [-0.25, -0.2) is 4.98 Å². The topological polar surface area (TPSA) is 73.2 Å². The van der Waals surface area contributed by atoms with Gasteiger partial charge in [0.25, 0.3) is 11.5 Å². The van der Waals surface area contributed by atoms with E-state index in [9.17, 15) is 9.59 Å². The van der Waals surface area contributed by atoms with Crippen LogP contribution in [-0.2, 0) is 11.3 Å². The van der Waals surface area contributed by atoms with Crippen molar-refractivity contribution in [3.05, 3.63) is 57.8 Å². The lowest BCUT2D eigenvalue weighted by Gasteiger charge is -2.11. The molecule has 3 rings (SSSR count). The highest BCUT2D eigenvalue weighted by Gasteiger charge is 2.18. The molecule has 1 aromatic heterocycles. The maximum atomic E-state index is 12.2. The fourth-order valence-corrected chi connectivity index (χ4v) is 3.58. The molecule has 1 aromatic carbocycles. The van der Waals surface area contributed by atoms with E-state index in [1.54, 1.807) is 12.4 Å². The summed E-state index contributed by atoms with van der Waals surface area (Å²) >= 11 is 0. The normalized spacial score (nSPS) is 14.3. The van der Waals surface area contributed by atoms with E-state index in [2.05, 4.69) is 16.4 Å². The summed E-state index contributed by atoms with van der Waals surface area (Å²) < 4.78 is 7.07. The molecule has 2 aromatic rings. The Kier molecular flexibility index (Phi) is 6.27. The lowest BCUT2D eigenvalue weighted by Crippen LogP contribution is -2.33. The molecule has 1 heterocycles. The Bertz CT molecular complexity index is 834. The van der Waals surface area contributed by atoms with Crippen LogP contribution >= 0.6 is 0 Å². The highest BCUT2D eigenvalue weighted by Crippen LogP contribution is 2.32. The molecule has 1 saturated carbocycles. The Morgan fingerprint density at radius 3 is 2.56 bits per heavy atom. The van der Waals surface area contributed by atoms with E-state index in [1.807, 2.05) is 26.0 Å². The summed E-state index contributed by atoms with van der Waals surface area (Å²) in [5.74, 6) is 0.901. The van der Waals surface area contributed by atoms with Crippen LogP contribution in [0.3, 0.4) is 0 Å². The number of nitrogens with zero attached hydrogens (tertiary/aromatic N) is 2. The summed E-state index contributed by atoms with van der Waals surface area (Å²) in [6.45, 7) is 4.69. The van der Waals surface area contributed by atoms with Crippen LogP contribution in [0.25, 0.3) is 0 Å². The molecule has 6 nitrogen and oxygen atoms in total. The third kappa shape index (κ3) is 5.42. The molecule has 6 heteroatoms. The highest BCUT2D eigenvalue weighted by molar-refractivity contribution is 5.77. The number of hydrogen-bond acceptors (Lipinski definition) is 4. The zero-order valence-electron chi connectivity index (χ0n) is 16.0. The Balaban J connectivity index is 1.45. The van der Waals surface area contributed by atoms with Crippen LogP contribution in [0.1, 0.15) is 48.4 Å². The second kappa shape index (κ2) is 8.84. The van der Waals surface area contributed by atoms with Crippen molar-refractivity contribution in [1.29, 1.82) is 0 Å². The molecule has 1 aliphatic rings. The summed E-state index contributed by atoms with van der Waals surface area (Å²) in [4.78, 5) is 28.6. The van der Waals surface area contributed by atoms with Crippen LogP contribution in [0.5, 0.6) is 5.75 Å². The molecule has 0 spiro atoms. The Hall–Kier alpha value is -2.63. The van der Waals surface area contributed by atoms with E-state index in [0.29, 0.717) is 24.8 Å². The number of benzene rings is 1. The lowest BCUT2D eigenvalue weighted by molar-refractivity contribution is -0.123. The van der Waals surface area contributed by atoms with Gasteiger partial charge in [0.05, 0.1) is 12.0 Å². The van der Waals surface area contributed by atoms with E-state index in [1.165, 1.54) is 17.4 Å². The molecule has 27 heavy (non-hydrogen) atoms. The van der Waals surface area contributed by atoms with Gasteiger partial charge in [-0.05, 0) is 49.9 Å². The van der Waals surface area contributed by atoms with E-state index in [-0.39, 0.29) is 18.1 Å². The fourth-order valence-electron chi connectivity index (χ4n) is 3.58. The van der Waals surface area contributed by atoms with Crippen molar-refractivity contribution in [1.82, 2.24) is 14.9 Å². The molecule has 0 bridgehead atoms. The number of aryl methyl sites for hydroxylation is 2. The van der Waals surface area contributed by atoms with Gasteiger partial charge in [-0.3, -0.25) is 14.2 Å². The lowest BCUT2D eigenvalue weighted by atomic mass is 10.0. The number of carbonyl (C=O) groups is 1. The summed E-state index contributed by atoms with van der Waals surface area (Å²) in [5, 5.41) is 2.78. The minimum atomic E-state index is -0.210. The molecular weight excluding hydrogens is 342 g/mol. The Morgan fingerprint density at radius 1 is 1.19 bits per heavy atom. The van der Waals surface area contributed by atoms with Crippen molar-refractivity contribution in [3.8, 4) is 5.75 Å². The van der Waals surface area contributed by atoms with Gasteiger partial charge < -0.3 is 10.1 Å². The first-order chi connectivity index (χ1) is 13.0. The average Bonchev–Trinajstić information content (AvgIpc) is 3.15. The van der Waals surface area contributed by atoms with Crippen LogP contribution in [0.4, 0.5) is 0 Å². The van der Waals surface area contributed by atoms with Gasteiger partial charge in [0.15, 0.2) is 6.61 Å². The number of carbonyl (C=O) groups excluding carboxylic acids is 1. The van der Waals surface area contributed by atoms with E-state index < -0.39 is 0 Å². The fraction of sp³-hybridized carbons (Fsp3) is 0.476. The monoisotopic (exact) mass is 369 g/mol. The summed E-state index contributed by atoms with van der Waals surface area (Å²) in [6, 6.07) is 7.49. The third-order valence-corrected chi connectivity index (χ3v) is 4.91. The van der Waals surface area contributed by atoms with Crippen LogP contribution < -0.4 is 15.6 Å². The van der Waals surface area contributed by atoms with Crippen molar-refractivity contribution in [2.75, 3.05) is 13.2 Å². The van der Waals surface area contributed by atoms with Gasteiger partial charge >= 0.3 is 0 Å². The quantitative estimate of drug-likeness (QED) is 0.814. The molecule has 1 aliphatic carbocycles. The molecule has 1 fully saturated rings. The number of aromatic nitrogens is 2. The Labute approximate surface area is 159 Å². The van der Waals surface area contributed by atoms with Crippen LogP contribution in [-0.4, -0.2) is 28.6 Å². The molecule has 1 amide bonds. The van der Waals surface area contributed by atoms with E-state index in [0.717, 1.165) is 29.7 Å². The van der Waals surface area contributed by atoms with Gasteiger partial charge in [-0.1, -0.05) is 18.9 Å². The second-order valence-electron chi connectivity index (χ2n) is 7.29. The van der Waals surface area contributed by atoms with Gasteiger partial charge in [0.2, 0.25) is 0 Å². The largest absolute Gasteiger partial charge is 0.484 e. The number of nitrogens with one attached hydrogen (secondary N) is 1. The minimum absolute atomic E-state index is 0.0450. The van der Waals surface area contributed by atoms with Crippen LogP contribution in [0.15, 0.2) is 35.4 Å². The number of hydrogen-bond donors (Lipinski definition) is 1. The van der Waals surface area contributed by atoms with Gasteiger partial charge in [-0.2, -0.15) is 0 Å². The smallest absolute Gasteiger partial charge is 0.258 e. The van der Waals surface area contributed by atoms with Gasteiger partial charge in [-0.15, -0.1) is 0 Å². The molecule has 0 unspecified atom stereocenters. The van der Waals surface area contributed by atoms with Crippen LogP contribution in [0, 0.1) is 13.8 Å². The first kappa shape index (κ1) is 19.1. The predicted molar refractivity (Wildman–Crippen MR) is 104 cm³/mol. The van der Waals surface area contributed by atoms with Crippen molar-refractivity contribution in [3.63, 3.8) is 0 Å². The molecule has 144 valence electrons. The van der Waals surface area contributed by atoms with Gasteiger partial charge in [0, 0.05) is 25.1 Å². The molecule has 0 atom stereocenters. The summed E-state index contributed by atoms with van der Waals surface area (Å²) in [5.41, 5.74) is 3.03. The number of amides is 1. The van der Waals surface area contributed by atoms with E-state index >= 15 is 0 Å². The zero-order chi connectivity index (χ0) is 19.2. The Morgan fingerprint density at radius 2 is 1.89 bits per heavy atom. The average molecular weight is 369 g/mol. The SMILES string of the molecule is Cc1cc(C)cc(OCC(=O)NCCn2cnc(C3CCCC3)cc2=O)c1. The van der Waals surface area contributed by atoms with Crippen molar-refractivity contribution in [2.45, 2.75) is 52.0 Å². The maximum Gasteiger partial charge on any atom is 0.258 e.